The number of nitrogens with zero attached hydrogens (tertiary/aromatic N) is 1. The lowest BCUT2D eigenvalue weighted by atomic mass is 9.99. The van der Waals surface area contributed by atoms with E-state index in [1.54, 1.807) is 0 Å². The number of carbonyl (C=O) groups is 2. The molecule has 1 unspecified atom stereocenters. The normalized spacial score (nSPS) is 20.9. The molecule has 1 aliphatic heterocycles. The molecule has 0 aliphatic carbocycles. The number of nitrogens with one attached hydrogen (secondary N) is 2. The lowest BCUT2D eigenvalue weighted by Gasteiger charge is -2.31. The summed E-state index contributed by atoms with van der Waals surface area (Å²) in [5.74, 6) is -0.0645. The number of urea groups is 1. The third-order valence-electron chi connectivity index (χ3n) is 2.97. The Kier molecular flexibility index (Phi) is 5.75. The van der Waals surface area contributed by atoms with Crippen molar-refractivity contribution in [3.05, 3.63) is 0 Å². The second-order valence-electron chi connectivity index (χ2n) is 6.18. The van der Waals surface area contributed by atoms with Crippen LogP contribution in [0.25, 0.3) is 0 Å². The first-order valence-corrected chi connectivity index (χ1v) is 6.75. The second-order valence-corrected chi connectivity index (χ2v) is 6.18. The Morgan fingerprint density at radius 2 is 2.05 bits per heavy atom. The molecule has 1 rings (SSSR count). The number of imide groups is 1. The summed E-state index contributed by atoms with van der Waals surface area (Å²) in [6.45, 7) is 7.47. The minimum absolute atomic E-state index is 0.155. The lowest BCUT2D eigenvalue weighted by Crippen LogP contribution is -2.51. The highest BCUT2D eigenvalue weighted by Crippen LogP contribution is 2.15. The summed E-state index contributed by atoms with van der Waals surface area (Å²) in [7, 11) is 0. The van der Waals surface area contributed by atoms with Crippen molar-refractivity contribution in [2.24, 2.45) is 5.92 Å². The van der Waals surface area contributed by atoms with Crippen molar-refractivity contribution in [2.45, 2.75) is 39.2 Å². The van der Waals surface area contributed by atoms with E-state index >= 15 is 0 Å². The number of aliphatic hydroxyl groups is 1. The van der Waals surface area contributed by atoms with E-state index in [4.69, 9.17) is 5.11 Å². The van der Waals surface area contributed by atoms with E-state index < -0.39 is 6.03 Å². The van der Waals surface area contributed by atoms with Crippen molar-refractivity contribution in [2.75, 3.05) is 26.2 Å². The molecule has 1 fully saturated rings. The van der Waals surface area contributed by atoms with Crippen LogP contribution in [0.5, 0.6) is 0 Å². The average Bonchev–Trinajstić information content (AvgIpc) is 2.26. The number of carbonyl (C=O) groups excluding carboxylic acids is 2. The van der Waals surface area contributed by atoms with E-state index in [0.717, 1.165) is 19.4 Å². The number of amides is 3. The first-order valence-electron chi connectivity index (χ1n) is 6.75. The first kappa shape index (κ1) is 15.9. The van der Waals surface area contributed by atoms with E-state index in [1.807, 2.05) is 25.7 Å². The van der Waals surface area contributed by atoms with Gasteiger partial charge in [0.15, 0.2) is 0 Å². The van der Waals surface area contributed by atoms with Gasteiger partial charge in [-0.1, -0.05) is 0 Å². The van der Waals surface area contributed by atoms with E-state index in [0.29, 0.717) is 6.54 Å². The van der Waals surface area contributed by atoms with Crippen LogP contribution in [0.4, 0.5) is 4.79 Å². The standard InChI is InChI=1S/C13H25N3O3/c1-13(2,3)15-12(19)14-11(18)8-16-6-4-5-10(7-16)9-17/h10,17H,4-9H2,1-3H3,(H2,14,15,18,19). The van der Waals surface area contributed by atoms with Gasteiger partial charge in [-0.15, -0.1) is 0 Å². The van der Waals surface area contributed by atoms with Crippen LogP contribution in [0.1, 0.15) is 33.6 Å². The van der Waals surface area contributed by atoms with E-state index in [1.165, 1.54) is 0 Å². The lowest BCUT2D eigenvalue weighted by molar-refractivity contribution is -0.121. The molecule has 6 heteroatoms. The molecule has 3 N–H and O–H groups in total. The monoisotopic (exact) mass is 271 g/mol. The third-order valence-corrected chi connectivity index (χ3v) is 2.97. The zero-order chi connectivity index (χ0) is 14.5. The zero-order valence-corrected chi connectivity index (χ0v) is 12.0. The molecule has 1 atom stereocenters. The molecule has 0 aromatic heterocycles. The molecule has 0 bridgehead atoms. The van der Waals surface area contributed by atoms with Crippen LogP contribution in [0.15, 0.2) is 0 Å². The van der Waals surface area contributed by atoms with Gasteiger partial charge < -0.3 is 10.4 Å². The minimum Gasteiger partial charge on any atom is -0.396 e. The summed E-state index contributed by atoms with van der Waals surface area (Å²) in [4.78, 5) is 25.2. The molecule has 1 aliphatic rings. The predicted molar refractivity (Wildman–Crippen MR) is 72.7 cm³/mol. The van der Waals surface area contributed by atoms with Crippen LogP contribution in [0, 0.1) is 5.92 Å². The summed E-state index contributed by atoms with van der Waals surface area (Å²) in [6, 6.07) is -0.465. The second kappa shape index (κ2) is 6.86. The van der Waals surface area contributed by atoms with Gasteiger partial charge in [0.2, 0.25) is 5.91 Å². The minimum atomic E-state index is -0.465. The Hall–Kier alpha value is -1.14. The number of likely N-dealkylation sites (tertiary alicyclic amines) is 1. The molecule has 6 nitrogen and oxygen atoms in total. The van der Waals surface area contributed by atoms with Crippen molar-refractivity contribution in [1.82, 2.24) is 15.5 Å². The van der Waals surface area contributed by atoms with E-state index in [2.05, 4.69) is 10.6 Å². The molecular formula is C13H25N3O3. The molecule has 0 saturated carbocycles. The van der Waals surface area contributed by atoms with Gasteiger partial charge in [-0.3, -0.25) is 15.0 Å². The van der Waals surface area contributed by atoms with Crippen molar-refractivity contribution >= 4 is 11.9 Å². The SMILES string of the molecule is CC(C)(C)NC(=O)NC(=O)CN1CCCC(CO)C1. The van der Waals surface area contributed by atoms with Crippen LogP contribution >= 0.6 is 0 Å². The van der Waals surface area contributed by atoms with Crippen molar-refractivity contribution < 1.29 is 14.7 Å². The molecule has 1 heterocycles. The molecule has 0 aromatic carbocycles. The summed E-state index contributed by atoms with van der Waals surface area (Å²) >= 11 is 0. The van der Waals surface area contributed by atoms with Crippen LogP contribution in [-0.4, -0.2) is 53.7 Å². The van der Waals surface area contributed by atoms with Crippen molar-refractivity contribution in [3.8, 4) is 0 Å². The summed E-state index contributed by atoms with van der Waals surface area (Å²) in [5.41, 5.74) is -0.364. The largest absolute Gasteiger partial charge is 0.396 e. The zero-order valence-electron chi connectivity index (χ0n) is 12.0. The molecule has 0 spiro atoms. The maximum Gasteiger partial charge on any atom is 0.321 e. The van der Waals surface area contributed by atoms with E-state index in [-0.39, 0.29) is 30.5 Å². The first-order chi connectivity index (χ1) is 8.80. The highest BCUT2D eigenvalue weighted by molar-refractivity contribution is 5.95. The molecule has 3 amide bonds. The Balaban J connectivity index is 2.32. The summed E-state index contributed by atoms with van der Waals surface area (Å²) in [5, 5.41) is 14.1. The Morgan fingerprint density at radius 1 is 1.37 bits per heavy atom. The fourth-order valence-corrected chi connectivity index (χ4v) is 2.19. The predicted octanol–water partition coefficient (Wildman–Crippen LogP) is 0.315. The van der Waals surface area contributed by atoms with Gasteiger partial charge in [0, 0.05) is 18.7 Å². The Labute approximate surface area is 114 Å². The molecular weight excluding hydrogens is 246 g/mol. The number of aliphatic hydroxyl groups excluding tert-OH is 1. The highest BCUT2D eigenvalue weighted by Gasteiger charge is 2.22. The summed E-state index contributed by atoms with van der Waals surface area (Å²) < 4.78 is 0. The number of hydrogen-bond acceptors (Lipinski definition) is 4. The van der Waals surface area contributed by atoms with Crippen molar-refractivity contribution in [3.63, 3.8) is 0 Å². The summed E-state index contributed by atoms with van der Waals surface area (Å²) in [6.07, 6.45) is 1.98. The van der Waals surface area contributed by atoms with Gasteiger partial charge in [-0.05, 0) is 46.1 Å². The molecule has 19 heavy (non-hydrogen) atoms. The van der Waals surface area contributed by atoms with Crippen LogP contribution in [0.2, 0.25) is 0 Å². The Bertz CT molecular complexity index is 326. The molecule has 0 radical (unpaired) electrons. The quantitative estimate of drug-likeness (QED) is 0.690. The fraction of sp³-hybridized carbons (Fsp3) is 0.846. The maximum atomic E-state index is 11.7. The smallest absolute Gasteiger partial charge is 0.321 e. The highest BCUT2D eigenvalue weighted by atomic mass is 16.3. The van der Waals surface area contributed by atoms with Crippen LogP contribution < -0.4 is 10.6 Å². The molecule has 1 saturated heterocycles. The van der Waals surface area contributed by atoms with Gasteiger partial charge in [0.1, 0.15) is 0 Å². The van der Waals surface area contributed by atoms with Crippen LogP contribution in [-0.2, 0) is 4.79 Å². The van der Waals surface area contributed by atoms with Crippen LogP contribution in [0.3, 0.4) is 0 Å². The third kappa shape index (κ3) is 6.54. The van der Waals surface area contributed by atoms with E-state index in [9.17, 15) is 9.59 Å². The maximum absolute atomic E-state index is 11.7. The molecule has 110 valence electrons. The topological polar surface area (TPSA) is 81.7 Å². The average molecular weight is 271 g/mol. The Morgan fingerprint density at radius 3 is 2.63 bits per heavy atom. The van der Waals surface area contributed by atoms with Gasteiger partial charge in [0.05, 0.1) is 6.54 Å². The number of rotatable bonds is 3. The van der Waals surface area contributed by atoms with Gasteiger partial charge >= 0.3 is 6.03 Å². The van der Waals surface area contributed by atoms with Gasteiger partial charge in [-0.25, -0.2) is 4.79 Å². The number of hydrogen-bond donors (Lipinski definition) is 3. The molecule has 0 aromatic rings. The van der Waals surface area contributed by atoms with Crippen molar-refractivity contribution in [1.29, 1.82) is 0 Å². The van der Waals surface area contributed by atoms with Gasteiger partial charge in [-0.2, -0.15) is 0 Å². The number of piperidine rings is 1. The fourth-order valence-electron chi connectivity index (χ4n) is 2.19. The van der Waals surface area contributed by atoms with Gasteiger partial charge in [0.25, 0.3) is 0 Å².